The highest BCUT2D eigenvalue weighted by atomic mass is 16.6. The Kier molecular flexibility index (Phi) is 2.85. The van der Waals surface area contributed by atoms with E-state index in [1.807, 2.05) is 32.4 Å². The Balaban J connectivity index is 2.05. The second-order valence-corrected chi connectivity index (χ2v) is 5.40. The van der Waals surface area contributed by atoms with Crippen LogP contribution in [0.15, 0.2) is 6.33 Å². The molecule has 0 aromatic carbocycles. The summed E-state index contributed by atoms with van der Waals surface area (Å²) in [5.74, 6) is 0. The molecule has 1 aromatic heterocycles. The van der Waals surface area contributed by atoms with Gasteiger partial charge < -0.3 is 14.2 Å². The van der Waals surface area contributed by atoms with Gasteiger partial charge in [-0.05, 0) is 20.8 Å². The van der Waals surface area contributed by atoms with Gasteiger partial charge in [-0.2, -0.15) is 0 Å². The van der Waals surface area contributed by atoms with Gasteiger partial charge >= 0.3 is 6.09 Å². The second-order valence-electron chi connectivity index (χ2n) is 5.40. The minimum atomic E-state index is -0.443. The average Bonchev–Trinajstić information content (AvgIpc) is 2.57. The fraction of sp³-hybridized carbons (Fsp3) is 0.667. The molecule has 0 fully saturated rings. The zero-order valence-electron chi connectivity index (χ0n) is 10.9. The van der Waals surface area contributed by atoms with Crippen molar-refractivity contribution in [3.05, 3.63) is 17.7 Å². The van der Waals surface area contributed by atoms with E-state index in [1.54, 1.807) is 11.2 Å². The third kappa shape index (κ3) is 2.60. The fourth-order valence-corrected chi connectivity index (χ4v) is 1.94. The Morgan fingerprint density at radius 2 is 2.18 bits per heavy atom. The van der Waals surface area contributed by atoms with E-state index in [2.05, 4.69) is 4.98 Å². The number of nitrogens with zero attached hydrogens (tertiary/aromatic N) is 3. The highest BCUT2D eigenvalue weighted by Crippen LogP contribution is 2.19. The standard InChI is InChI=1S/C12H19N3O2/c1-12(2,3)17-11(16)15-6-5-10-9(7-15)13-8-14(10)4/h8H,5-7H2,1-4H3. The number of rotatable bonds is 0. The Labute approximate surface area is 101 Å². The molecule has 94 valence electrons. The molecule has 17 heavy (non-hydrogen) atoms. The number of fused-ring (bicyclic) bond motifs is 1. The summed E-state index contributed by atoms with van der Waals surface area (Å²) < 4.78 is 7.37. The summed E-state index contributed by atoms with van der Waals surface area (Å²) >= 11 is 0. The van der Waals surface area contributed by atoms with E-state index in [9.17, 15) is 4.79 Å². The van der Waals surface area contributed by atoms with Crippen molar-refractivity contribution < 1.29 is 9.53 Å². The number of aromatic nitrogens is 2. The molecule has 0 bridgehead atoms. The lowest BCUT2D eigenvalue weighted by Gasteiger charge is -2.29. The van der Waals surface area contributed by atoms with Crippen LogP contribution < -0.4 is 0 Å². The first-order valence-corrected chi connectivity index (χ1v) is 5.84. The summed E-state index contributed by atoms with van der Waals surface area (Å²) in [5, 5.41) is 0. The normalized spacial score (nSPS) is 15.6. The van der Waals surface area contributed by atoms with E-state index in [0.717, 1.165) is 12.1 Å². The molecule has 0 radical (unpaired) electrons. The van der Waals surface area contributed by atoms with Crippen molar-refractivity contribution >= 4 is 6.09 Å². The third-order valence-electron chi connectivity index (χ3n) is 2.76. The number of amides is 1. The van der Waals surface area contributed by atoms with E-state index in [-0.39, 0.29) is 6.09 Å². The molecule has 2 rings (SSSR count). The molecule has 0 unspecified atom stereocenters. The fourth-order valence-electron chi connectivity index (χ4n) is 1.94. The highest BCUT2D eigenvalue weighted by Gasteiger charge is 2.27. The van der Waals surface area contributed by atoms with Crippen LogP contribution in [0.25, 0.3) is 0 Å². The first kappa shape index (κ1) is 12.0. The van der Waals surface area contributed by atoms with Crippen molar-refractivity contribution in [2.24, 2.45) is 7.05 Å². The van der Waals surface area contributed by atoms with Gasteiger partial charge in [0.25, 0.3) is 0 Å². The van der Waals surface area contributed by atoms with Gasteiger partial charge in [-0.1, -0.05) is 0 Å². The number of carbonyl (C=O) groups excluding carboxylic acids is 1. The Morgan fingerprint density at radius 3 is 2.82 bits per heavy atom. The molecule has 1 aliphatic rings. The number of hydrogen-bond donors (Lipinski definition) is 0. The zero-order chi connectivity index (χ0) is 12.6. The summed E-state index contributed by atoms with van der Waals surface area (Å²) in [6.45, 7) is 6.87. The summed E-state index contributed by atoms with van der Waals surface area (Å²) in [6.07, 6.45) is 2.38. The molecule has 1 aliphatic heterocycles. The van der Waals surface area contributed by atoms with Crippen LogP contribution in [0.2, 0.25) is 0 Å². The van der Waals surface area contributed by atoms with Gasteiger partial charge in [-0.15, -0.1) is 0 Å². The van der Waals surface area contributed by atoms with Crippen LogP contribution >= 0.6 is 0 Å². The molecule has 0 saturated carbocycles. The van der Waals surface area contributed by atoms with Gasteiger partial charge in [0.05, 0.1) is 18.6 Å². The maximum Gasteiger partial charge on any atom is 0.410 e. The molecule has 0 aliphatic carbocycles. The number of carbonyl (C=O) groups is 1. The highest BCUT2D eigenvalue weighted by molar-refractivity contribution is 5.68. The van der Waals surface area contributed by atoms with E-state index in [4.69, 9.17) is 4.74 Å². The van der Waals surface area contributed by atoms with Crippen LogP contribution in [0.3, 0.4) is 0 Å². The van der Waals surface area contributed by atoms with Crippen molar-refractivity contribution in [2.75, 3.05) is 6.54 Å². The van der Waals surface area contributed by atoms with Gasteiger partial charge in [-0.25, -0.2) is 9.78 Å². The Bertz CT molecular complexity index is 431. The molecule has 2 heterocycles. The Hall–Kier alpha value is -1.52. The Morgan fingerprint density at radius 1 is 1.47 bits per heavy atom. The third-order valence-corrected chi connectivity index (χ3v) is 2.76. The molecule has 5 heteroatoms. The maximum absolute atomic E-state index is 11.9. The van der Waals surface area contributed by atoms with Crippen LogP contribution in [-0.2, 0) is 24.8 Å². The van der Waals surface area contributed by atoms with Gasteiger partial charge in [0.1, 0.15) is 5.60 Å². The van der Waals surface area contributed by atoms with Crippen LogP contribution in [0.1, 0.15) is 32.2 Å². The van der Waals surface area contributed by atoms with Crippen molar-refractivity contribution in [2.45, 2.75) is 39.3 Å². The zero-order valence-corrected chi connectivity index (χ0v) is 10.9. The number of imidazole rings is 1. The van der Waals surface area contributed by atoms with E-state index >= 15 is 0 Å². The molecule has 0 N–H and O–H groups in total. The smallest absolute Gasteiger partial charge is 0.410 e. The average molecular weight is 237 g/mol. The summed E-state index contributed by atoms with van der Waals surface area (Å²) in [7, 11) is 1.98. The van der Waals surface area contributed by atoms with Gasteiger partial charge in [-0.3, -0.25) is 0 Å². The lowest BCUT2D eigenvalue weighted by atomic mass is 10.1. The number of aryl methyl sites for hydroxylation is 1. The van der Waals surface area contributed by atoms with Crippen LogP contribution in [0.4, 0.5) is 4.79 Å². The topological polar surface area (TPSA) is 47.4 Å². The quantitative estimate of drug-likeness (QED) is 0.690. The molecule has 0 spiro atoms. The summed E-state index contributed by atoms with van der Waals surface area (Å²) in [5.41, 5.74) is 1.75. The minimum absolute atomic E-state index is 0.256. The predicted molar refractivity (Wildman–Crippen MR) is 63.6 cm³/mol. The number of hydrogen-bond acceptors (Lipinski definition) is 3. The van der Waals surface area contributed by atoms with Crippen molar-refractivity contribution in [3.8, 4) is 0 Å². The van der Waals surface area contributed by atoms with E-state index in [0.29, 0.717) is 13.1 Å². The predicted octanol–water partition coefficient (Wildman–Crippen LogP) is 1.71. The first-order chi connectivity index (χ1) is 7.87. The van der Waals surface area contributed by atoms with E-state index < -0.39 is 5.60 Å². The van der Waals surface area contributed by atoms with Crippen LogP contribution in [0, 0.1) is 0 Å². The summed E-state index contributed by atoms with van der Waals surface area (Å²) in [6, 6.07) is 0. The van der Waals surface area contributed by atoms with Crippen LogP contribution in [-0.4, -0.2) is 32.7 Å². The van der Waals surface area contributed by atoms with Crippen molar-refractivity contribution in [3.63, 3.8) is 0 Å². The largest absolute Gasteiger partial charge is 0.444 e. The molecular weight excluding hydrogens is 218 g/mol. The van der Waals surface area contributed by atoms with Gasteiger partial charge in [0.2, 0.25) is 0 Å². The second kappa shape index (κ2) is 4.05. The lowest BCUT2D eigenvalue weighted by Crippen LogP contribution is -2.40. The van der Waals surface area contributed by atoms with Gasteiger partial charge in [0, 0.05) is 25.7 Å². The SMILES string of the molecule is Cn1cnc2c1CCN(C(=O)OC(C)(C)C)C2. The van der Waals surface area contributed by atoms with Crippen molar-refractivity contribution in [1.29, 1.82) is 0 Å². The molecule has 5 nitrogen and oxygen atoms in total. The maximum atomic E-state index is 11.9. The molecule has 1 amide bonds. The first-order valence-electron chi connectivity index (χ1n) is 5.84. The molecule has 1 aromatic rings. The van der Waals surface area contributed by atoms with E-state index in [1.165, 1.54) is 5.69 Å². The molecule has 0 atom stereocenters. The molecular formula is C12H19N3O2. The monoisotopic (exact) mass is 237 g/mol. The summed E-state index contributed by atoms with van der Waals surface area (Å²) in [4.78, 5) is 17.9. The lowest BCUT2D eigenvalue weighted by molar-refractivity contribution is 0.0220. The number of ether oxygens (including phenoxy) is 1. The van der Waals surface area contributed by atoms with Crippen molar-refractivity contribution in [1.82, 2.24) is 14.5 Å². The molecule has 0 saturated heterocycles. The van der Waals surface area contributed by atoms with Gasteiger partial charge in [0.15, 0.2) is 0 Å². The minimum Gasteiger partial charge on any atom is -0.444 e. The van der Waals surface area contributed by atoms with Crippen LogP contribution in [0.5, 0.6) is 0 Å².